The number of hydrogen-bond donors (Lipinski definition) is 0. The Balaban J connectivity index is 1.88. The summed E-state index contributed by atoms with van der Waals surface area (Å²) in [7, 11) is -4.35. The number of hydrogen-bond acceptors (Lipinski definition) is 8. The van der Waals surface area contributed by atoms with Gasteiger partial charge < -0.3 is 8.71 Å². The van der Waals surface area contributed by atoms with Crippen LogP contribution in [0.25, 0.3) is 11.4 Å². The van der Waals surface area contributed by atoms with Gasteiger partial charge in [0.25, 0.3) is 5.69 Å². The lowest BCUT2D eigenvalue weighted by Crippen LogP contribution is -2.11. The van der Waals surface area contributed by atoms with Gasteiger partial charge in [0.2, 0.25) is 11.7 Å². The second-order valence-corrected chi connectivity index (χ2v) is 6.44. The molecule has 0 bridgehead atoms. The molecule has 2 aromatic carbocycles. The van der Waals surface area contributed by atoms with E-state index in [4.69, 9.17) is 8.71 Å². The molecule has 128 valence electrons. The molecule has 0 N–H and O–H groups in total. The van der Waals surface area contributed by atoms with Crippen molar-refractivity contribution in [3.63, 3.8) is 0 Å². The SMILES string of the molecule is Cc1nc(-c2ccc(OS(=O)(=O)c3ccccc3[N+](=O)[O-])cc2)no1. The second-order valence-electron chi connectivity index (χ2n) is 4.92. The van der Waals surface area contributed by atoms with E-state index in [2.05, 4.69) is 10.1 Å². The first-order chi connectivity index (χ1) is 11.9. The summed E-state index contributed by atoms with van der Waals surface area (Å²) in [6, 6.07) is 10.9. The maximum Gasteiger partial charge on any atom is 0.346 e. The van der Waals surface area contributed by atoms with E-state index in [1.165, 1.54) is 24.3 Å². The fourth-order valence-corrected chi connectivity index (χ4v) is 3.17. The van der Waals surface area contributed by atoms with E-state index in [1.54, 1.807) is 19.1 Å². The summed E-state index contributed by atoms with van der Waals surface area (Å²) in [4.78, 5) is 13.7. The Morgan fingerprint density at radius 2 is 1.80 bits per heavy atom. The minimum absolute atomic E-state index is 0.00196. The number of nitro benzene ring substituents is 1. The van der Waals surface area contributed by atoms with Crippen LogP contribution in [-0.4, -0.2) is 23.5 Å². The van der Waals surface area contributed by atoms with Crippen LogP contribution >= 0.6 is 0 Å². The molecule has 0 spiro atoms. The Morgan fingerprint density at radius 3 is 2.40 bits per heavy atom. The van der Waals surface area contributed by atoms with Crippen LogP contribution in [0.4, 0.5) is 5.69 Å². The summed E-state index contributed by atoms with van der Waals surface area (Å²) in [5.74, 6) is 0.752. The van der Waals surface area contributed by atoms with E-state index in [9.17, 15) is 18.5 Å². The van der Waals surface area contributed by atoms with Crippen molar-refractivity contribution >= 4 is 15.8 Å². The van der Waals surface area contributed by atoms with Crippen LogP contribution in [0.2, 0.25) is 0 Å². The third kappa shape index (κ3) is 3.48. The highest BCUT2D eigenvalue weighted by Gasteiger charge is 2.27. The van der Waals surface area contributed by atoms with Crippen LogP contribution in [0.15, 0.2) is 57.9 Å². The Morgan fingerprint density at radius 1 is 1.12 bits per heavy atom. The number of aromatic nitrogens is 2. The highest BCUT2D eigenvalue weighted by Crippen LogP contribution is 2.27. The predicted octanol–water partition coefficient (Wildman–Crippen LogP) is 2.72. The number of nitrogens with zero attached hydrogens (tertiary/aromatic N) is 3. The fourth-order valence-electron chi connectivity index (χ4n) is 2.07. The zero-order valence-electron chi connectivity index (χ0n) is 12.8. The molecule has 0 aliphatic heterocycles. The third-order valence-corrected chi connectivity index (χ3v) is 4.47. The maximum absolute atomic E-state index is 12.3. The lowest BCUT2D eigenvalue weighted by Gasteiger charge is -2.07. The van der Waals surface area contributed by atoms with Gasteiger partial charge in [0, 0.05) is 18.6 Å². The normalized spacial score (nSPS) is 11.2. The highest BCUT2D eigenvalue weighted by molar-refractivity contribution is 7.87. The molecule has 0 atom stereocenters. The molecule has 25 heavy (non-hydrogen) atoms. The molecular weight excluding hydrogens is 350 g/mol. The van der Waals surface area contributed by atoms with E-state index >= 15 is 0 Å². The summed E-state index contributed by atoms with van der Waals surface area (Å²) >= 11 is 0. The molecule has 0 fully saturated rings. The number of benzene rings is 2. The van der Waals surface area contributed by atoms with Crippen LogP contribution in [0.3, 0.4) is 0 Å². The maximum atomic E-state index is 12.3. The third-order valence-electron chi connectivity index (χ3n) is 3.18. The minimum Gasteiger partial charge on any atom is -0.379 e. The smallest absolute Gasteiger partial charge is 0.346 e. The van der Waals surface area contributed by atoms with Gasteiger partial charge in [-0.25, -0.2) is 0 Å². The van der Waals surface area contributed by atoms with E-state index in [0.29, 0.717) is 17.3 Å². The number of aryl methyl sites for hydroxylation is 1. The second kappa shape index (κ2) is 6.32. The first-order valence-corrected chi connectivity index (χ1v) is 8.36. The molecule has 0 radical (unpaired) electrons. The van der Waals surface area contributed by atoms with E-state index in [1.807, 2.05) is 0 Å². The summed E-state index contributed by atoms with van der Waals surface area (Å²) in [5, 5.41) is 14.7. The zero-order chi connectivity index (χ0) is 18.0. The van der Waals surface area contributed by atoms with Crippen LogP contribution < -0.4 is 4.18 Å². The Bertz CT molecular complexity index is 1030. The first kappa shape index (κ1) is 16.6. The Kier molecular flexibility index (Phi) is 4.19. The molecule has 1 aromatic heterocycles. The van der Waals surface area contributed by atoms with Crippen LogP contribution in [-0.2, 0) is 10.1 Å². The van der Waals surface area contributed by atoms with Crippen molar-refractivity contribution < 1.29 is 22.0 Å². The van der Waals surface area contributed by atoms with Crippen molar-refractivity contribution in [2.75, 3.05) is 0 Å². The first-order valence-electron chi connectivity index (χ1n) is 6.95. The van der Waals surface area contributed by atoms with Gasteiger partial charge in [-0.2, -0.15) is 13.4 Å². The van der Waals surface area contributed by atoms with Crippen LogP contribution in [0, 0.1) is 17.0 Å². The molecule has 10 heteroatoms. The van der Waals surface area contributed by atoms with Crippen molar-refractivity contribution in [2.45, 2.75) is 11.8 Å². The molecule has 0 amide bonds. The summed E-state index contributed by atoms with van der Waals surface area (Å²) < 4.78 is 34.5. The van der Waals surface area contributed by atoms with Gasteiger partial charge in [0.15, 0.2) is 4.90 Å². The molecule has 0 aliphatic carbocycles. The Labute approximate surface area is 142 Å². The summed E-state index contributed by atoms with van der Waals surface area (Å²) in [6.07, 6.45) is 0. The molecule has 3 rings (SSSR count). The van der Waals surface area contributed by atoms with E-state index < -0.39 is 25.6 Å². The molecule has 3 aromatic rings. The molecule has 0 aliphatic rings. The molecule has 0 unspecified atom stereocenters. The van der Waals surface area contributed by atoms with Crippen molar-refractivity contribution in [2.24, 2.45) is 0 Å². The van der Waals surface area contributed by atoms with Gasteiger partial charge in [-0.3, -0.25) is 10.1 Å². The fraction of sp³-hybridized carbons (Fsp3) is 0.0667. The molecular formula is C15H11N3O6S. The van der Waals surface area contributed by atoms with Crippen molar-refractivity contribution in [3.05, 3.63) is 64.5 Å². The quantitative estimate of drug-likeness (QED) is 0.386. The highest BCUT2D eigenvalue weighted by atomic mass is 32.2. The zero-order valence-corrected chi connectivity index (χ0v) is 13.6. The monoisotopic (exact) mass is 361 g/mol. The number of nitro groups is 1. The van der Waals surface area contributed by atoms with Gasteiger partial charge in [-0.05, 0) is 30.3 Å². The topological polar surface area (TPSA) is 125 Å². The summed E-state index contributed by atoms with van der Waals surface area (Å²) in [5.41, 5.74) is 0.0497. The predicted molar refractivity (Wildman–Crippen MR) is 85.4 cm³/mol. The molecule has 1 heterocycles. The standard InChI is InChI=1S/C15H11N3O6S/c1-10-16-15(17-23-10)11-6-8-12(9-7-11)24-25(21,22)14-5-3-2-4-13(14)18(19)20/h2-9H,1H3. The summed E-state index contributed by atoms with van der Waals surface area (Å²) in [6.45, 7) is 1.65. The van der Waals surface area contributed by atoms with E-state index in [-0.39, 0.29) is 5.75 Å². The van der Waals surface area contributed by atoms with Gasteiger partial charge in [-0.1, -0.05) is 17.3 Å². The number of para-hydroxylation sites is 1. The lowest BCUT2D eigenvalue weighted by atomic mass is 10.2. The lowest BCUT2D eigenvalue weighted by molar-refractivity contribution is -0.387. The Hall–Kier alpha value is -3.27. The van der Waals surface area contributed by atoms with Crippen LogP contribution in [0.5, 0.6) is 5.75 Å². The van der Waals surface area contributed by atoms with Gasteiger partial charge >= 0.3 is 10.1 Å². The van der Waals surface area contributed by atoms with Gasteiger partial charge in [0.1, 0.15) is 5.75 Å². The van der Waals surface area contributed by atoms with Gasteiger partial charge in [0.05, 0.1) is 4.92 Å². The van der Waals surface area contributed by atoms with Crippen molar-refractivity contribution in [1.29, 1.82) is 0 Å². The number of rotatable bonds is 5. The van der Waals surface area contributed by atoms with Crippen LogP contribution in [0.1, 0.15) is 5.89 Å². The largest absolute Gasteiger partial charge is 0.379 e. The van der Waals surface area contributed by atoms with Crippen molar-refractivity contribution in [1.82, 2.24) is 10.1 Å². The van der Waals surface area contributed by atoms with E-state index in [0.717, 1.165) is 12.1 Å². The molecule has 9 nitrogen and oxygen atoms in total. The minimum atomic E-state index is -4.35. The average molecular weight is 361 g/mol. The molecule has 0 saturated heterocycles. The average Bonchev–Trinajstić information content (AvgIpc) is 3.01. The van der Waals surface area contributed by atoms with Gasteiger partial charge in [-0.15, -0.1) is 0 Å². The molecule has 0 saturated carbocycles. The van der Waals surface area contributed by atoms with Crippen molar-refractivity contribution in [3.8, 4) is 17.1 Å².